The molecule has 0 unspecified atom stereocenters. The maximum absolute atomic E-state index is 12.9. The van der Waals surface area contributed by atoms with Crippen molar-refractivity contribution in [3.8, 4) is 11.5 Å². The van der Waals surface area contributed by atoms with Gasteiger partial charge < -0.3 is 31.3 Å². The van der Waals surface area contributed by atoms with E-state index in [2.05, 4.69) is 24.5 Å². The standard InChI is InChI=1S/C27H47N3O5/c1-16(2)19(11-18-9-10-24(35-8)23(32)12-18)13-21(28)22(31)14-20(17(3)4)25(33)30-15-27(5,6)26(34)29-7/h9-10,12,16-17,19-22,31-32H,11,13-15,28H2,1-8H3,(H,29,34)(H,30,33)/t19-,20-,21-,22-/m0/s1. The van der Waals surface area contributed by atoms with Crippen molar-refractivity contribution in [2.24, 2.45) is 34.8 Å². The molecule has 0 saturated heterocycles. The molecule has 0 saturated carbocycles. The second kappa shape index (κ2) is 13.7. The summed E-state index contributed by atoms with van der Waals surface area (Å²) in [6.45, 7) is 11.9. The highest BCUT2D eigenvalue weighted by Gasteiger charge is 2.32. The summed E-state index contributed by atoms with van der Waals surface area (Å²) < 4.78 is 5.12. The number of nitrogens with two attached hydrogens (primary N) is 1. The van der Waals surface area contributed by atoms with Crippen LogP contribution in [0.25, 0.3) is 0 Å². The number of phenols is 1. The van der Waals surface area contributed by atoms with Crippen LogP contribution in [0.15, 0.2) is 18.2 Å². The van der Waals surface area contributed by atoms with Crippen molar-refractivity contribution >= 4 is 11.8 Å². The number of aromatic hydroxyl groups is 1. The third-order valence-corrected chi connectivity index (χ3v) is 6.94. The van der Waals surface area contributed by atoms with Crippen molar-refractivity contribution in [2.45, 2.75) is 73.0 Å². The first kappa shape index (κ1) is 30.7. The maximum atomic E-state index is 12.9. The lowest BCUT2D eigenvalue weighted by molar-refractivity contribution is -0.131. The Labute approximate surface area is 211 Å². The summed E-state index contributed by atoms with van der Waals surface area (Å²) in [5, 5.41) is 26.5. The SMILES string of the molecule is CNC(=O)C(C)(C)CNC(=O)[C@@H](C[C@H](O)[C@@H](N)C[C@H](Cc1ccc(OC)c(O)c1)C(C)C)C(C)C. The number of hydrogen-bond donors (Lipinski definition) is 5. The van der Waals surface area contributed by atoms with Crippen LogP contribution in [-0.4, -0.2) is 54.9 Å². The van der Waals surface area contributed by atoms with Gasteiger partial charge in [0.1, 0.15) is 0 Å². The number of hydrogen-bond acceptors (Lipinski definition) is 6. The zero-order valence-electron chi connectivity index (χ0n) is 22.7. The molecule has 0 heterocycles. The van der Waals surface area contributed by atoms with E-state index in [0.717, 1.165) is 5.56 Å². The fourth-order valence-electron chi connectivity index (χ4n) is 4.24. The van der Waals surface area contributed by atoms with Gasteiger partial charge in [-0.3, -0.25) is 9.59 Å². The van der Waals surface area contributed by atoms with Crippen LogP contribution in [0.1, 0.15) is 59.9 Å². The third-order valence-electron chi connectivity index (χ3n) is 6.94. The normalized spacial score (nSPS) is 15.4. The van der Waals surface area contributed by atoms with Crippen molar-refractivity contribution < 1.29 is 24.5 Å². The highest BCUT2D eigenvalue weighted by Crippen LogP contribution is 2.30. The summed E-state index contributed by atoms with van der Waals surface area (Å²) in [5.41, 5.74) is 6.67. The van der Waals surface area contributed by atoms with Gasteiger partial charge in [-0.2, -0.15) is 0 Å². The number of carbonyl (C=O) groups is 2. The van der Waals surface area contributed by atoms with E-state index in [1.807, 2.05) is 19.9 Å². The Hall–Kier alpha value is -2.32. The van der Waals surface area contributed by atoms with E-state index < -0.39 is 23.5 Å². The summed E-state index contributed by atoms with van der Waals surface area (Å²) in [5.74, 6) is 0.278. The van der Waals surface area contributed by atoms with E-state index in [9.17, 15) is 19.8 Å². The number of ether oxygens (including phenoxy) is 1. The Balaban J connectivity index is 2.81. The molecular formula is C27H47N3O5. The fourth-order valence-corrected chi connectivity index (χ4v) is 4.24. The highest BCUT2D eigenvalue weighted by molar-refractivity contribution is 5.83. The van der Waals surface area contributed by atoms with Crippen LogP contribution < -0.4 is 21.1 Å². The topological polar surface area (TPSA) is 134 Å². The van der Waals surface area contributed by atoms with Gasteiger partial charge in [0.2, 0.25) is 11.8 Å². The molecule has 0 aliphatic heterocycles. The monoisotopic (exact) mass is 493 g/mol. The molecule has 0 aliphatic rings. The van der Waals surface area contributed by atoms with Crippen LogP contribution >= 0.6 is 0 Å². The van der Waals surface area contributed by atoms with Crippen molar-refractivity contribution in [3.63, 3.8) is 0 Å². The van der Waals surface area contributed by atoms with Crippen LogP contribution in [0.2, 0.25) is 0 Å². The largest absolute Gasteiger partial charge is 0.504 e. The van der Waals surface area contributed by atoms with Crippen molar-refractivity contribution in [1.29, 1.82) is 0 Å². The summed E-state index contributed by atoms with van der Waals surface area (Å²) in [6.07, 6.45) is 0.699. The lowest BCUT2D eigenvalue weighted by Gasteiger charge is -2.30. The molecule has 0 fully saturated rings. The van der Waals surface area contributed by atoms with Crippen LogP contribution in [0.5, 0.6) is 11.5 Å². The number of aliphatic hydroxyl groups excluding tert-OH is 1. The number of nitrogens with one attached hydrogen (secondary N) is 2. The number of rotatable bonds is 14. The molecule has 0 radical (unpaired) electrons. The molecule has 1 rings (SSSR count). The van der Waals surface area contributed by atoms with Gasteiger partial charge in [-0.15, -0.1) is 0 Å². The predicted molar refractivity (Wildman–Crippen MR) is 139 cm³/mol. The van der Waals surface area contributed by atoms with Gasteiger partial charge in [-0.05, 0) is 68.6 Å². The van der Waals surface area contributed by atoms with Gasteiger partial charge in [0.25, 0.3) is 0 Å². The third kappa shape index (κ3) is 9.33. The first-order valence-corrected chi connectivity index (χ1v) is 12.5. The van der Waals surface area contributed by atoms with E-state index in [1.54, 1.807) is 33.0 Å². The first-order valence-electron chi connectivity index (χ1n) is 12.5. The molecule has 200 valence electrons. The van der Waals surface area contributed by atoms with Gasteiger partial charge in [-0.25, -0.2) is 0 Å². The minimum absolute atomic E-state index is 0.00290. The minimum Gasteiger partial charge on any atom is -0.504 e. The molecule has 0 aliphatic carbocycles. The smallest absolute Gasteiger partial charge is 0.227 e. The van der Waals surface area contributed by atoms with E-state index in [-0.39, 0.29) is 42.4 Å². The average Bonchev–Trinajstić information content (AvgIpc) is 2.79. The number of aliphatic hydroxyl groups is 1. The fraction of sp³-hybridized carbons (Fsp3) is 0.704. The molecule has 0 spiro atoms. The number of benzene rings is 1. The van der Waals surface area contributed by atoms with E-state index >= 15 is 0 Å². The van der Waals surface area contributed by atoms with Crippen LogP contribution in [-0.2, 0) is 16.0 Å². The van der Waals surface area contributed by atoms with Crippen molar-refractivity contribution in [3.05, 3.63) is 23.8 Å². The summed E-state index contributed by atoms with van der Waals surface area (Å²) in [6, 6.07) is 4.88. The quantitative estimate of drug-likeness (QED) is 0.271. The number of carbonyl (C=O) groups excluding carboxylic acids is 2. The summed E-state index contributed by atoms with van der Waals surface area (Å²) >= 11 is 0. The zero-order valence-corrected chi connectivity index (χ0v) is 22.7. The lowest BCUT2D eigenvalue weighted by Crippen LogP contribution is -2.47. The Morgan fingerprint density at radius 2 is 1.74 bits per heavy atom. The van der Waals surface area contributed by atoms with Gasteiger partial charge in [-0.1, -0.05) is 33.8 Å². The van der Waals surface area contributed by atoms with E-state index in [1.165, 1.54) is 7.11 Å². The molecule has 8 nitrogen and oxygen atoms in total. The van der Waals surface area contributed by atoms with Crippen LogP contribution in [0.3, 0.4) is 0 Å². The second-order valence-electron chi connectivity index (χ2n) is 10.9. The molecule has 35 heavy (non-hydrogen) atoms. The van der Waals surface area contributed by atoms with Gasteiger partial charge >= 0.3 is 0 Å². The molecule has 1 aromatic rings. The van der Waals surface area contributed by atoms with E-state index in [0.29, 0.717) is 24.5 Å². The van der Waals surface area contributed by atoms with Gasteiger partial charge in [0.05, 0.1) is 18.6 Å². The molecule has 2 amide bonds. The number of phenolic OH excluding ortho intramolecular Hbond substituents is 1. The Kier molecular flexibility index (Phi) is 12.0. The Bertz CT molecular complexity index is 825. The van der Waals surface area contributed by atoms with Crippen molar-refractivity contribution in [1.82, 2.24) is 10.6 Å². The molecule has 6 N–H and O–H groups in total. The molecule has 4 atom stereocenters. The minimum atomic E-state index is -0.842. The Morgan fingerprint density at radius 1 is 1.11 bits per heavy atom. The van der Waals surface area contributed by atoms with Crippen LogP contribution in [0, 0.1) is 29.1 Å². The first-order chi connectivity index (χ1) is 16.2. The lowest BCUT2D eigenvalue weighted by atomic mass is 9.80. The molecule has 1 aromatic carbocycles. The van der Waals surface area contributed by atoms with Gasteiger partial charge in [0, 0.05) is 25.6 Å². The van der Waals surface area contributed by atoms with E-state index in [4.69, 9.17) is 10.5 Å². The van der Waals surface area contributed by atoms with Crippen LogP contribution in [0.4, 0.5) is 0 Å². The zero-order chi connectivity index (χ0) is 26.9. The molecule has 8 heteroatoms. The molecule has 0 bridgehead atoms. The average molecular weight is 494 g/mol. The number of methoxy groups -OCH3 is 1. The Morgan fingerprint density at radius 3 is 2.23 bits per heavy atom. The maximum Gasteiger partial charge on any atom is 0.227 e. The summed E-state index contributed by atoms with van der Waals surface area (Å²) in [7, 11) is 3.09. The van der Waals surface area contributed by atoms with Crippen molar-refractivity contribution in [2.75, 3.05) is 20.7 Å². The number of amides is 2. The highest BCUT2D eigenvalue weighted by atomic mass is 16.5. The second-order valence-corrected chi connectivity index (χ2v) is 10.9. The molecular weight excluding hydrogens is 446 g/mol. The summed E-state index contributed by atoms with van der Waals surface area (Å²) in [4.78, 5) is 24.9. The molecule has 0 aromatic heterocycles. The predicted octanol–water partition coefficient (Wildman–Crippen LogP) is 2.84. The van der Waals surface area contributed by atoms with Gasteiger partial charge in [0.15, 0.2) is 11.5 Å².